The molecule has 0 saturated carbocycles. The fourth-order valence-electron chi connectivity index (χ4n) is 0.969. The van der Waals surface area contributed by atoms with Crippen molar-refractivity contribution < 1.29 is 13.2 Å². The van der Waals surface area contributed by atoms with Gasteiger partial charge in [0.25, 0.3) is 0 Å². The first-order valence-electron chi connectivity index (χ1n) is 3.59. The monoisotopic (exact) mass is 289 g/mol. The first-order chi connectivity index (χ1) is 6.41. The molecule has 0 spiro atoms. The molecule has 0 aliphatic heterocycles. The Labute approximate surface area is 92.2 Å². The Balaban J connectivity index is 3.28. The Hall–Kier alpha value is -0.230. The molecule has 0 aliphatic carbocycles. The Morgan fingerprint density at radius 2 is 2.07 bits per heavy atom. The summed E-state index contributed by atoms with van der Waals surface area (Å²) >= 11 is 8.57. The number of alkyl halides is 4. The molecule has 1 aromatic heterocycles. The highest BCUT2D eigenvalue weighted by atomic mass is 79.9. The Morgan fingerprint density at radius 1 is 1.50 bits per heavy atom. The summed E-state index contributed by atoms with van der Waals surface area (Å²) in [7, 11) is 0. The van der Waals surface area contributed by atoms with Gasteiger partial charge in [-0.15, -0.1) is 0 Å². The smallest absolute Gasteiger partial charge is 0.267 e. The van der Waals surface area contributed by atoms with Crippen LogP contribution in [0.15, 0.2) is 0 Å². The zero-order chi connectivity index (χ0) is 10.9. The van der Waals surface area contributed by atoms with Crippen molar-refractivity contribution in [3.63, 3.8) is 0 Å². The summed E-state index contributed by atoms with van der Waals surface area (Å²) in [5, 5.41) is 3.19. The summed E-state index contributed by atoms with van der Waals surface area (Å²) in [5.41, 5.74) is -0.772. The molecule has 7 heteroatoms. The summed E-state index contributed by atoms with van der Waals surface area (Å²) < 4.78 is 38.1. The summed E-state index contributed by atoms with van der Waals surface area (Å²) in [6.07, 6.45) is -4.52. The van der Waals surface area contributed by atoms with Gasteiger partial charge in [-0.1, -0.05) is 27.5 Å². The van der Waals surface area contributed by atoms with E-state index < -0.39 is 11.9 Å². The first kappa shape index (κ1) is 11.8. The third-order valence-corrected chi connectivity index (χ3v) is 2.53. The molecule has 1 aromatic rings. The second-order valence-electron chi connectivity index (χ2n) is 2.46. The second-order valence-corrected chi connectivity index (χ2v) is 3.40. The molecule has 79 valence electrons. The van der Waals surface area contributed by atoms with Crippen LogP contribution in [0.1, 0.15) is 11.4 Å². The molecular weight excluding hydrogens is 284 g/mol. The molecule has 0 atom stereocenters. The zero-order valence-electron chi connectivity index (χ0n) is 6.91. The van der Waals surface area contributed by atoms with Gasteiger partial charge in [0.05, 0.1) is 10.7 Å². The lowest BCUT2D eigenvalue weighted by molar-refractivity contribution is -0.141. The molecule has 14 heavy (non-hydrogen) atoms. The molecule has 1 heterocycles. The highest BCUT2D eigenvalue weighted by molar-refractivity contribution is 9.08. The van der Waals surface area contributed by atoms with E-state index in [1.54, 1.807) is 0 Å². The largest absolute Gasteiger partial charge is 0.436 e. The van der Waals surface area contributed by atoms with Crippen LogP contribution >= 0.6 is 27.5 Å². The van der Waals surface area contributed by atoms with Crippen LogP contribution in [-0.4, -0.2) is 9.78 Å². The number of aromatic nitrogens is 2. The van der Waals surface area contributed by atoms with Crippen molar-refractivity contribution in [1.29, 1.82) is 0 Å². The molecule has 0 aliphatic rings. The third kappa shape index (κ3) is 2.06. The third-order valence-electron chi connectivity index (χ3n) is 1.60. The summed E-state index contributed by atoms with van der Waals surface area (Å²) in [6.45, 7) is 3.56. The van der Waals surface area contributed by atoms with Gasteiger partial charge in [0, 0.05) is 11.9 Å². The van der Waals surface area contributed by atoms with Crippen molar-refractivity contribution in [1.82, 2.24) is 9.78 Å². The maximum atomic E-state index is 12.3. The van der Waals surface area contributed by atoms with Crippen molar-refractivity contribution in [2.45, 2.75) is 18.1 Å². The quantitative estimate of drug-likeness (QED) is 0.764. The van der Waals surface area contributed by atoms with E-state index in [9.17, 15) is 13.2 Å². The van der Waals surface area contributed by atoms with E-state index in [1.165, 1.54) is 0 Å². The van der Waals surface area contributed by atoms with Gasteiger partial charge in [0.2, 0.25) is 0 Å². The fourth-order valence-corrected chi connectivity index (χ4v) is 2.01. The number of rotatable bonds is 2. The molecule has 0 unspecified atom stereocenters. The molecule has 0 saturated heterocycles. The van der Waals surface area contributed by atoms with E-state index in [1.807, 2.05) is 0 Å². The summed E-state index contributed by atoms with van der Waals surface area (Å²) in [5.74, 6) is 0. The zero-order valence-corrected chi connectivity index (χ0v) is 9.25. The van der Waals surface area contributed by atoms with E-state index in [0.29, 0.717) is 0 Å². The molecule has 1 rings (SSSR count). The highest BCUT2D eigenvalue weighted by Crippen LogP contribution is 2.36. The Bertz CT molecular complexity index is 334. The minimum atomic E-state index is -4.52. The minimum absolute atomic E-state index is 0.108. The van der Waals surface area contributed by atoms with Gasteiger partial charge in [0.1, 0.15) is 0 Å². The van der Waals surface area contributed by atoms with Gasteiger partial charge in [-0.05, 0) is 6.92 Å². The SMILES string of the molecule is [CH2]Cn1nc(C(F)(F)F)c(Cl)c1CBr. The predicted molar refractivity (Wildman–Crippen MR) is 50.2 cm³/mol. The molecular formula is C7H6BrClF3N2. The van der Waals surface area contributed by atoms with Crippen LogP contribution in [0.4, 0.5) is 13.2 Å². The Morgan fingerprint density at radius 3 is 2.36 bits per heavy atom. The van der Waals surface area contributed by atoms with Crippen molar-refractivity contribution in [2.24, 2.45) is 0 Å². The number of halogens is 5. The van der Waals surface area contributed by atoms with Crippen molar-refractivity contribution in [3.8, 4) is 0 Å². The lowest BCUT2D eigenvalue weighted by atomic mass is 10.3. The lowest BCUT2D eigenvalue weighted by Gasteiger charge is -2.01. The lowest BCUT2D eigenvalue weighted by Crippen LogP contribution is -2.08. The standard InChI is InChI=1S/C7H6BrClF3N2/c1-2-14-4(3-8)5(9)6(13-14)7(10,11)12/h1-3H2. The van der Waals surface area contributed by atoms with Gasteiger partial charge < -0.3 is 0 Å². The number of nitrogens with zero attached hydrogens (tertiary/aromatic N) is 2. The van der Waals surface area contributed by atoms with E-state index in [4.69, 9.17) is 11.6 Å². The Kier molecular flexibility index (Phi) is 3.47. The van der Waals surface area contributed by atoms with E-state index in [0.717, 1.165) is 4.68 Å². The summed E-state index contributed by atoms with van der Waals surface area (Å²) in [6, 6.07) is 0. The van der Waals surface area contributed by atoms with Gasteiger partial charge in [0.15, 0.2) is 5.69 Å². The highest BCUT2D eigenvalue weighted by Gasteiger charge is 2.38. The molecule has 0 aromatic carbocycles. The van der Waals surface area contributed by atoms with Crippen LogP contribution in [0.3, 0.4) is 0 Å². The number of hydrogen-bond acceptors (Lipinski definition) is 1. The molecule has 0 fully saturated rings. The van der Waals surface area contributed by atoms with E-state index in [2.05, 4.69) is 28.0 Å². The van der Waals surface area contributed by atoms with Gasteiger partial charge >= 0.3 is 6.18 Å². The van der Waals surface area contributed by atoms with Crippen LogP contribution < -0.4 is 0 Å². The van der Waals surface area contributed by atoms with Crippen molar-refractivity contribution in [2.75, 3.05) is 0 Å². The van der Waals surface area contributed by atoms with Crippen LogP contribution in [0.2, 0.25) is 5.02 Å². The molecule has 0 amide bonds. The normalized spacial score (nSPS) is 12.1. The van der Waals surface area contributed by atoms with Crippen molar-refractivity contribution >= 4 is 27.5 Å². The number of hydrogen-bond donors (Lipinski definition) is 0. The van der Waals surface area contributed by atoms with Crippen LogP contribution in [0.25, 0.3) is 0 Å². The molecule has 2 nitrogen and oxygen atoms in total. The maximum Gasteiger partial charge on any atom is 0.436 e. The van der Waals surface area contributed by atoms with Crippen molar-refractivity contribution in [3.05, 3.63) is 23.3 Å². The maximum absolute atomic E-state index is 12.3. The molecule has 0 bridgehead atoms. The van der Waals surface area contributed by atoms with Gasteiger partial charge in [-0.3, -0.25) is 4.68 Å². The molecule has 1 radical (unpaired) electrons. The average Bonchev–Trinajstić information content (AvgIpc) is 2.40. The van der Waals surface area contributed by atoms with Crippen LogP contribution in [0.5, 0.6) is 0 Å². The van der Waals surface area contributed by atoms with Gasteiger partial charge in [-0.2, -0.15) is 18.3 Å². The average molecular weight is 290 g/mol. The van der Waals surface area contributed by atoms with Crippen LogP contribution in [0, 0.1) is 6.92 Å². The van der Waals surface area contributed by atoms with Gasteiger partial charge in [-0.25, -0.2) is 0 Å². The minimum Gasteiger partial charge on any atom is -0.267 e. The van der Waals surface area contributed by atoms with E-state index >= 15 is 0 Å². The summed E-state index contributed by atoms with van der Waals surface area (Å²) in [4.78, 5) is 0. The van der Waals surface area contributed by atoms with E-state index in [-0.39, 0.29) is 22.6 Å². The molecule has 0 N–H and O–H groups in total. The predicted octanol–water partition coefficient (Wildman–Crippen LogP) is 3.28. The topological polar surface area (TPSA) is 17.8 Å². The first-order valence-corrected chi connectivity index (χ1v) is 5.09. The van der Waals surface area contributed by atoms with Crippen LogP contribution in [-0.2, 0) is 18.1 Å². The second kappa shape index (κ2) is 4.10. The fraction of sp³-hybridized carbons (Fsp3) is 0.429.